The summed E-state index contributed by atoms with van der Waals surface area (Å²) in [6.07, 6.45) is 0. The molecule has 0 saturated heterocycles. The predicted molar refractivity (Wildman–Crippen MR) is 257 cm³/mol. The van der Waals surface area contributed by atoms with Crippen LogP contribution < -0.4 is 0 Å². The summed E-state index contributed by atoms with van der Waals surface area (Å²) in [6.45, 7) is 27.0. The Labute approximate surface area is 386 Å². The van der Waals surface area contributed by atoms with Crippen molar-refractivity contribution in [1.82, 2.24) is 9.97 Å². The molecule has 0 aliphatic rings. The molecule has 324 valence electrons. The largest absolute Gasteiger partial charge is 0.507 e. The molecule has 0 atom stereocenters. The van der Waals surface area contributed by atoms with Gasteiger partial charge in [-0.2, -0.15) is 0 Å². The second kappa shape index (κ2) is 15.9. The maximum absolute atomic E-state index is 11.3. The quantitative estimate of drug-likeness (QED) is 0.154. The Morgan fingerprint density at radius 2 is 1.16 bits per heavy atom. The molecule has 5 aromatic carbocycles. The second-order valence-corrected chi connectivity index (χ2v) is 20.4. The van der Waals surface area contributed by atoms with Crippen molar-refractivity contribution in [2.24, 2.45) is 0 Å². The molecule has 0 radical (unpaired) electrons. The zero-order valence-electron chi connectivity index (χ0n) is 38.5. The standard InChI is InChI=1S/C57H57N2O3.Pt/c1-32(2)41-26-35(34-20-22-37(23-21-34)55(5,6)7)27-42(33(3)4)51(41)36-28-43(39-16-13-14-17-45(39)60)58-49(29-36)57(11,12)50-31-38(56(8,9)10)30-44(59-50)40-24-25-48-53-52-46(61-48)18-15-19-47(52)62-54(40)53;/h13-23,25-33,60H,1-12H3;/q-1;. The fraction of sp³-hybridized carbons (Fsp3) is 0.298. The Bertz CT molecular complexity index is 3100. The van der Waals surface area contributed by atoms with E-state index in [-0.39, 0.29) is 49.5 Å². The van der Waals surface area contributed by atoms with Gasteiger partial charge in [-0.25, -0.2) is 0 Å². The van der Waals surface area contributed by atoms with Gasteiger partial charge in [0.25, 0.3) is 0 Å². The van der Waals surface area contributed by atoms with E-state index >= 15 is 0 Å². The van der Waals surface area contributed by atoms with Crippen molar-refractivity contribution in [3.05, 3.63) is 149 Å². The third-order valence-electron chi connectivity index (χ3n) is 12.8. The molecule has 5 nitrogen and oxygen atoms in total. The molecule has 4 heterocycles. The molecular weight excluding hydrogens is 956 g/mol. The molecule has 0 unspecified atom stereocenters. The minimum Gasteiger partial charge on any atom is -0.507 e. The Hall–Kier alpha value is -5.51. The molecule has 9 rings (SSSR count). The van der Waals surface area contributed by atoms with Crippen molar-refractivity contribution in [3.63, 3.8) is 0 Å². The molecule has 0 bridgehead atoms. The summed E-state index contributed by atoms with van der Waals surface area (Å²) in [6, 6.07) is 41.5. The number of hydrogen-bond donors (Lipinski definition) is 1. The number of aromatic nitrogens is 2. The van der Waals surface area contributed by atoms with Crippen LogP contribution in [-0.4, -0.2) is 15.1 Å². The van der Waals surface area contributed by atoms with Crippen LogP contribution >= 0.6 is 0 Å². The van der Waals surface area contributed by atoms with Gasteiger partial charge in [-0.3, -0.25) is 4.98 Å². The number of furan rings is 2. The first-order valence-corrected chi connectivity index (χ1v) is 22.0. The smallest absolute Gasteiger partial charge is 0.124 e. The molecule has 4 aromatic heterocycles. The van der Waals surface area contributed by atoms with E-state index < -0.39 is 5.41 Å². The maximum atomic E-state index is 11.3. The van der Waals surface area contributed by atoms with E-state index in [1.165, 1.54) is 33.4 Å². The molecule has 0 spiro atoms. The van der Waals surface area contributed by atoms with Crippen LogP contribution in [-0.2, 0) is 37.3 Å². The molecular formula is C57H57N2O3Pt-. The number of benzene rings is 5. The molecule has 0 aliphatic carbocycles. The summed E-state index contributed by atoms with van der Waals surface area (Å²) in [5.74, 6) is 0.659. The van der Waals surface area contributed by atoms with Gasteiger partial charge in [0.2, 0.25) is 0 Å². The Balaban J connectivity index is 0.00000544. The summed E-state index contributed by atoms with van der Waals surface area (Å²) in [4.78, 5) is 10.9. The van der Waals surface area contributed by atoms with Crippen LogP contribution in [0.25, 0.3) is 77.9 Å². The topological polar surface area (TPSA) is 72.3 Å². The van der Waals surface area contributed by atoms with Crippen LogP contribution in [0.5, 0.6) is 5.75 Å². The molecule has 6 heteroatoms. The fourth-order valence-corrected chi connectivity index (χ4v) is 8.91. The van der Waals surface area contributed by atoms with Crippen molar-refractivity contribution < 1.29 is 35.0 Å². The van der Waals surface area contributed by atoms with E-state index in [9.17, 15) is 5.11 Å². The molecule has 0 aliphatic heterocycles. The minimum absolute atomic E-state index is 0. The number of rotatable bonds is 8. The Kier molecular flexibility index (Phi) is 11.2. The SMILES string of the molecule is CC(C)c1cc(-c2ccc(C(C)(C)C)cc2)cc(C(C)C)c1-c1cc(-c2ccccc2O)nc(C(C)(C)c2cc(C(C)(C)C)cc(-c3[c-]cc4oc5cccc6oc3c4c56)n2)c1.[Pt]. The zero-order valence-corrected chi connectivity index (χ0v) is 40.8. The third-order valence-corrected chi connectivity index (χ3v) is 12.8. The van der Waals surface area contributed by atoms with Gasteiger partial charge in [-0.15, -0.1) is 12.1 Å². The summed E-state index contributed by atoms with van der Waals surface area (Å²) >= 11 is 0. The normalized spacial score (nSPS) is 12.7. The number of para-hydroxylation sites is 1. The first kappa shape index (κ1) is 44.1. The number of aromatic hydroxyl groups is 1. The Morgan fingerprint density at radius 1 is 0.556 bits per heavy atom. The number of hydrogen-bond acceptors (Lipinski definition) is 5. The van der Waals surface area contributed by atoms with Gasteiger partial charge in [0.1, 0.15) is 16.9 Å². The van der Waals surface area contributed by atoms with Gasteiger partial charge in [0.05, 0.1) is 27.9 Å². The first-order chi connectivity index (χ1) is 29.3. The average Bonchev–Trinajstić information content (AvgIpc) is 3.83. The molecule has 0 amide bonds. The van der Waals surface area contributed by atoms with E-state index in [2.05, 4.69) is 150 Å². The summed E-state index contributed by atoms with van der Waals surface area (Å²) in [5, 5.41) is 13.3. The molecule has 9 aromatic rings. The zero-order chi connectivity index (χ0) is 44.0. The van der Waals surface area contributed by atoms with E-state index in [0.717, 1.165) is 66.9 Å². The van der Waals surface area contributed by atoms with Gasteiger partial charge in [0.15, 0.2) is 0 Å². The van der Waals surface area contributed by atoms with Crippen molar-refractivity contribution in [1.29, 1.82) is 0 Å². The van der Waals surface area contributed by atoms with Crippen LogP contribution in [0.4, 0.5) is 0 Å². The van der Waals surface area contributed by atoms with Gasteiger partial charge in [0, 0.05) is 37.7 Å². The molecule has 0 fully saturated rings. The van der Waals surface area contributed by atoms with Crippen LogP contribution in [0.3, 0.4) is 0 Å². The molecule has 0 saturated carbocycles. The molecule has 1 N–H and O–H groups in total. The van der Waals surface area contributed by atoms with Gasteiger partial charge < -0.3 is 18.9 Å². The van der Waals surface area contributed by atoms with Crippen LogP contribution in [0.2, 0.25) is 0 Å². The van der Waals surface area contributed by atoms with Crippen LogP contribution in [0.15, 0.2) is 118 Å². The minimum atomic E-state index is -0.687. The van der Waals surface area contributed by atoms with Crippen molar-refractivity contribution >= 4 is 33.1 Å². The van der Waals surface area contributed by atoms with Crippen molar-refractivity contribution in [2.45, 2.75) is 111 Å². The first-order valence-electron chi connectivity index (χ1n) is 22.0. The number of nitrogens with zero attached hydrogens (tertiary/aromatic N) is 2. The van der Waals surface area contributed by atoms with E-state index in [1.807, 2.05) is 42.5 Å². The maximum Gasteiger partial charge on any atom is 0.124 e. The van der Waals surface area contributed by atoms with Crippen molar-refractivity contribution in [3.8, 4) is 50.5 Å². The summed E-state index contributed by atoms with van der Waals surface area (Å²) < 4.78 is 12.8. The predicted octanol–water partition coefficient (Wildman–Crippen LogP) is 15.9. The van der Waals surface area contributed by atoms with Crippen LogP contribution in [0, 0.1) is 6.07 Å². The monoisotopic (exact) mass is 1010 g/mol. The fourth-order valence-electron chi connectivity index (χ4n) is 8.91. The average molecular weight is 1010 g/mol. The third kappa shape index (κ3) is 7.82. The van der Waals surface area contributed by atoms with Crippen LogP contribution in [0.1, 0.15) is 129 Å². The summed E-state index contributed by atoms with van der Waals surface area (Å²) in [5.41, 5.74) is 16.7. The van der Waals surface area contributed by atoms with E-state index in [0.29, 0.717) is 11.3 Å². The van der Waals surface area contributed by atoms with E-state index in [4.69, 9.17) is 18.8 Å². The van der Waals surface area contributed by atoms with Gasteiger partial charge >= 0.3 is 0 Å². The summed E-state index contributed by atoms with van der Waals surface area (Å²) in [7, 11) is 0. The van der Waals surface area contributed by atoms with Gasteiger partial charge in [-0.05, 0) is 135 Å². The number of phenolic OH excluding ortho intramolecular Hbond substituents is 1. The number of phenols is 1. The van der Waals surface area contributed by atoms with Crippen molar-refractivity contribution in [2.75, 3.05) is 0 Å². The number of pyridine rings is 2. The van der Waals surface area contributed by atoms with Gasteiger partial charge in [-0.1, -0.05) is 135 Å². The molecule has 63 heavy (non-hydrogen) atoms. The van der Waals surface area contributed by atoms with E-state index in [1.54, 1.807) is 6.07 Å². The Morgan fingerprint density at radius 3 is 1.78 bits per heavy atom. The second-order valence-electron chi connectivity index (χ2n) is 20.4.